The zero-order valence-electron chi connectivity index (χ0n) is 20.0. The number of hydrogen-bond acceptors (Lipinski definition) is 4. The number of nitrogens with zero attached hydrogens (tertiary/aromatic N) is 1. The van der Waals surface area contributed by atoms with Crippen molar-refractivity contribution in [3.8, 4) is 11.5 Å². The van der Waals surface area contributed by atoms with E-state index in [1.54, 1.807) is 43.6 Å². The first-order valence-corrected chi connectivity index (χ1v) is 13.2. The minimum Gasteiger partial charge on any atom is -0.493 e. The maximum Gasteiger partial charge on any atom is 0.268 e. The zero-order valence-corrected chi connectivity index (χ0v) is 20.8. The molecule has 1 heterocycles. The molecule has 0 unspecified atom stereocenters. The van der Waals surface area contributed by atoms with Crippen LogP contribution in [0.15, 0.2) is 114 Å². The molecule has 4 aromatic carbocycles. The summed E-state index contributed by atoms with van der Waals surface area (Å²) in [5.74, 6) is 1.39. The van der Waals surface area contributed by atoms with Gasteiger partial charge in [0, 0.05) is 30.0 Å². The molecule has 0 aliphatic rings. The number of aromatic nitrogens is 1. The summed E-state index contributed by atoms with van der Waals surface area (Å²) in [6, 6.07) is 32.2. The second-order valence-electron chi connectivity index (χ2n) is 8.49. The third-order valence-corrected chi connectivity index (χ3v) is 7.88. The average Bonchev–Trinajstić information content (AvgIpc) is 3.30. The number of fused-ring (bicyclic) bond motifs is 1. The van der Waals surface area contributed by atoms with E-state index in [9.17, 15) is 8.42 Å². The highest BCUT2D eigenvalue weighted by molar-refractivity contribution is 7.90. The highest BCUT2D eigenvalue weighted by Crippen LogP contribution is 2.33. The van der Waals surface area contributed by atoms with E-state index in [0.717, 1.165) is 22.9 Å². The lowest BCUT2D eigenvalue weighted by Crippen LogP contribution is -2.11. The summed E-state index contributed by atoms with van der Waals surface area (Å²) in [5.41, 5.74) is 3.78. The highest BCUT2D eigenvalue weighted by atomic mass is 32.2. The van der Waals surface area contributed by atoms with Gasteiger partial charge in [-0.1, -0.05) is 78.9 Å². The molecule has 0 radical (unpaired) electrons. The van der Waals surface area contributed by atoms with Crippen LogP contribution in [0.5, 0.6) is 11.5 Å². The lowest BCUT2D eigenvalue weighted by Gasteiger charge is -2.15. The second kappa shape index (κ2) is 10.3. The molecule has 5 rings (SSSR count). The predicted octanol–water partition coefficient (Wildman–Crippen LogP) is 6.10. The Bertz CT molecular complexity index is 1580. The fourth-order valence-corrected chi connectivity index (χ4v) is 5.84. The second-order valence-corrected chi connectivity index (χ2v) is 10.3. The van der Waals surface area contributed by atoms with Gasteiger partial charge in [-0.3, -0.25) is 0 Å². The number of methoxy groups -OCH3 is 1. The van der Waals surface area contributed by atoms with Gasteiger partial charge in [0.2, 0.25) is 0 Å². The molecule has 0 aliphatic heterocycles. The van der Waals surface area contributed by atoms with Crippen molar-refractivity contribution in [1.29, 1.82) is 0 Å². The van der Waals surface area contributed by atoms with Gasteiger partial charge in [-0.2, -0.15) is 0 Å². The first kappa shape index (κ1) is 23.7. The molecule has 0 saturated heterocycles. The third kappa shape index (κ3) is 4.72. The topological polar surface area (TPSA) is 57.5 Å². The molecular formula is C30H27NO4S. The summed E-state index contributed by atoms with van der Waals surface area (Å²) in [7, 11) is -2.08. The van der Waals surface area contributed by atoms with Crippen LogP contribution < -0.4 is 9.47 Å². The monoisotopic (exact) mass is 497 g/mol. The molecule has 1 aromatic heterocycles. The van der Waals surface area contributed by atoms with E-state index in [0.29, 0.717) is 30.0 Å². The summed E-state index contributed by atoms with van der Waals surface area (Å²) in [4.78, 5) is 0.258. The van der Waals surface area contributed by atoms with Crippen molar-refractivity contribution >= 4 is 20.9 Å². The van der Waals surface area contributed by atoms with Crippen molar-refractivity contribution in [2.45, 2.75) is 17.7 Å². The van der Waals surface area contributed by atoms with Gasteiger partial charge in [-0.25, -0.2) is 12.4 Å². The van der Waals surface area contributed by atoms with E-state index in [1.807, 2.05) is 60.7 Å². The standard InChI is InChI=1S/C30H27NO4S/c1-34-29-18-10-13-24(21-23-11-4-2-5-12-23)30(29)35-20-19-25-22-31(28-17-9-8-16-27(25)28)36(32,33)26-14-6-3-7-15-26/h2-18,22H,19-21H2,1H3. The normalized spacial score (nSPS) is 11.5. The molecule has 182 valence electrons. The molecule has 0 saturated carbocycles. The molecule has 5 aromatic rings. The number of rotatable bonds is 9. The SMILES string of the molecule is COc1cccc(Cc2ccccc2)c1OCCc1cn(S(=O)(=O)c2ccccc2)c2ccccc12. The van der Waals surface area contributed by atoms with Crippen molar-refractivity contribution in [3.63, 3.8) is 0 Å². The molecular weight excluding hydrogens is 470 g/mol. The first-order chi connectivity index (χ1) is 17.6. The number of ether oxygens (including phenoxy) is 2. The van der Waals surface area contributed by atoms with Crippen molar-refractivity contribution in [2.24, 2.45) is 0 Å². The summed E-state index contributed by atoms with van der Waals surface area (Å²) in [5, 5.41) is 0.894. The Kier molecular flexibility index (Phi) is 6.78. The van der Waals surface area contributed by atoms with Crippen LogP contribution in [0.4, 0.5) is 0 Å². The van der Waals surface area contributed by atoms with Crippen molar-refractivity contribution in [3.05, 3.63) is 126 Å². The van der Waals surface area contributed by atoms with Gasteiger partial charge in [0.05, 0.1) is 24.1 Å². The van der Waals surface area contributed by atoms with Gasteiger partial charge in [0.1, 0.15) is 0 Å². The van der Waals surface area contributed by atoms with E-state index in [1.165, 1.54) is 9.54 Å². The Morgan fingerprint density at radius 2 is 1.44 bits per heavy atom. The van der Waals surface area contributed by atoms with Crippen LogP contribution in [0.25, 0.3) is 10.9 Å². The maximum atomic E-state index is 13.4. The van der Waals surface area contributed by atoms with Gasteiger partial charge in [-0.15, -0.1) is 0 Å². The smallest absolute Gasteiger partial charge is 0.268 e. The van der Waals surface area contributed by atoms with Gasteiger partial charge < -0.3 is 9.47 Å². The first-order valence-electron chi connectivity index (χ1n) is 11.8. The fraction of sp³-hybridized carbons (Fsp3) is 0.133. The quantitative estimate of drug-likeness (QED) is 0.247. The molecule has 0 atom stereocenters. The molecule has 0 amide bonds. The Labute approximate surface area is 211 Å². The summed E-state index contributed by atoms with van der Waals surface area (Å²) in [6.07, 6.45) is 2.98. The van der Waals surface area contributed by atoms with Crippen LogP contribution >= 0.6 is 0 Å². The molecule has 0 fully saturated rings. The Balaban J connectivity index is 1.42. The molecule has 0 bridgehead atoms. The van der Waals surface area contributed by atoms with Gasteiger partial charge in [0.25, 0.3) is 10.0 Å². The van der Waals surface area contributed by atoms with E-state index < -0.39 is 10.0 Å². The van der Waals surface area contributed by atoms with Gasteiger partial charge in [0.15, 0.2) is 11.5 Å². The molecule has 6 heteroatoms. The molecule has 0 aliphatic carbocycles. The van der Waals surface area contributed by atoms with Crippen molar-refractivity contribution < 1.29 is 17.9 Å². The van der Waals surface area contributed by atoms with Gasteiger partial charge in [-0.05, 0) is 35.4 Å². The summed E-state index contributed by atoms with van der Waals surface area (Å²) < 4.78 is 40.0. The van der Waals surface area contributed by atoms with Crippen molar-refractivity contribution in [2.75, 3.05) is 13.7 Å². The zero-order chi connectivity index (χ0) is 25.0. The van der Waals surface area contributed by atoms with Crippen LogP contribution in [0.2, 0.25) is 0 Å². The number of para-hydroxylation sites is 2. The largest absolute Gasteiger partial charge is 0.493 e. The fourth-order valence-electron chi connectivity index (χ4n) is 4.43. The Hall–Kier alpha value is -4.03. The van der Waals surface area contributed by atoms with E-state index in [-0.39, 0.29) is 4.90 Å². The third-order valence-electron chi connectivity index (χ3n) is 6.20. The molecule has 36 heavy (non-hydrogen) atoms. The van der Waals surface area contributed by atoms with Gasteiger partial charge >= 0.3 is 0 Å². The van der Waals surface area contributed by atoms with E-state index in [4.69, 9.17) is 9.47 Å². The van der Waals surface area contributed by atoms with Crippen LogP contribution in [0.1, 0.15) is 16.7 Å². The number of hydrogen-bond donors (Lipinski definition) is 0. The Morgan fingerprint density at radius 1 is 0.750 bits per heavy atom. The van der Waals surface area contributed by atoms with E-state index >= 15 is 0 Å². The maximum absolute atomic E-state index is 13.4. The van der Waals surface area contributed by atoms with Crippen LogP contribution in [0, 0.1) is 0 Å². The van der Waals surface area contributed by atoms with Crippen LogP contribution in [-0.2, 0) is 22.9 Å². The van der Waals surface area contributed by atoms with Crippen LogP contribution in [-0.4, -0.2) is 26.1 Å². The minimum absolute atomic E-state index is 0.258. The predicted molar refractivity (Wildman–Crippen MR) is 142 cm³/mol. The average molecular weight is 498 g/mol. The van der Waals surface area contributed by atoms with E-state index in [2.05, 4.69) is 12.1 Å². The minimum atomic E-state index is -3.72. The van der Waals surface area contributed by atoms with Crippen molar-refractivity contribution in [1.82, 2.24) is 3.97 Å². The lowest BCUT2D eigenvalue weighted by molar-refractivity contribution is 0.295. The summed E-state index contributed by atoms with van der Waals surface area (Å²) >= 11 is 0. The summed E-state index contributed by atoms with van der Waals surface area (Å²) in [6.45, 7) is 0.377. The molecule has 5 nitrogen and oxygen atoms in total. The highest BCUT2D eigenvalue weighted by Gasteiger charge is 2.21. The Morgan fingerprint density at radius 3 is 2.19 bits per heavy atom. The van der Waals surface area contributed by atoms with Crippen LogP contribution in [0.3, 0.4) is 0 Å². The number of benzene rings is 4. The molecule has 0 N–H and O–H groups in total. The lowest BCUT2D eigenvalue weighted by atomic mass is 10.0. The molecule has 0 spiro atoms.